The van der Waals surface area contributed by atoms with E-state index in [4.69, 9.17) is 19.5 Å². The fourth-order valence-electron chi connectivity index (χ4n) is 3.25. The van der Waals surface area contributed by atoms with Crippen LogP contribution in [0.3, 0.4) is 0 Å². The summed E-state index contributed by atoms with van der Waals surface area (Å²) in [4.78, 5) is 11.9. The van der Waals surface area contributed by atoms with Gasteiger partial charge in [-0.25, -0.2) is 9.98 Å². The van der Waals surface area contributed by atoms with E-state index >= 15 is 0 Å². The SMILES string of the molecule is CCNC(=NCc1nc(-c2ccccc2)cs1)N1CCC(COCCOC)C1.I. The molecular weight excluding hydrogens is 499 g/mol. The van der Waals surface area contributed by atoms with Gasteiger partial charge >= 0.3 is 0 Å². The van der Waals surface area contributed by atoms with Gasteiger partial charge in [-0.05, 0) is 13.3 Å². The number of hydrogen-bond donors (Lipinski definition) is 1. The van der Waals surface area contributed by atoms with Crippen molar-refractivity contribution in [1.29, 1.82) is 0 Å². The van der Waals surface area contributed by atoms with Crippen LogP contribution in [0.25, 0.3) is 11.3 Å². The quantitative estimate of drug-likeness (QED) is 0.231. The zero-order chi connectivity index (χ0) is 19.6. The Morgan fingerprint density at radius 1 is 1.31 bits per heavy atom. The standard InChI is InChI=1S/C21H30N4O2S.HI/c1-3-22-21(25-10-9-17(14-25)15-27-12-11-26-2)23-13-20-24-19(16-28-20)18-7-5-4-6-8-18;/h4-8,16-17H,3,9-15H2,1-2H3,(H,22,23);1H. The second kappa shape index (κ2) is 13.1. The van der Waals surface area contributed by atoms with Crippen molar-refractivity contribution in [3.8, 4) is 11.3 Å². The highest BCUT2D eigenvalue weighted by Gasteiger charge is 2.25. The molecule has 2 heterocycles. The van der Waals surface area contributed by atoms with Crippen LogP contribution in [0.4, 0.5) is 0 Å². The zero-order valence-corrected chi connectivity index (χ0v) is 20.3. The molecule has 1 aliphatic heterocycles. The number of guanidine groups is 1. The molecule has 1 unspecified atom stereocenters. The molecule has 0 saturated carbocycles. The van der Waals surface area contributed by atoms with E-state index in [1.807, 2.05) is 18.2 Å². The highest BCUT2D eigenvalue weighted by molar-refractivity contribution is 14.0. The summed E-state index contributed by atoms with van der Waals surface area (Å²) < 4.78 is 10.7. The first-order chi connectivity index (χ1) is 13.8. The van der Waals surface area contributed by atoms with Crippen molar-refractivity contribution in [3.63, 3.8) is 0 Å². The maximum Gasteiger partial charge on any atom is 0.194 e. The number of thiazole rings is 1. The molecular formula is C21H31IN4O2S. The van der Waals surface area contributed by atoms with E-state index in [1.165, 1.54) is 0 Å². The number of aliphatic imine (C=N–C) groups is 1. The molecule has 0 amide bonds. The molecule has 29 heavy (non-hydrogen) atoms. The second-order valence-electron chi connectivity index (χ2n) is 6.83. The number of nitrogens with one attached hydrogen (secondary N) is 1. The zero-order valence-electron chi connectivity index (χ0n) is 17.2. The van der Waals surface area contributed by atoms with Crippen molar-refractivity contribution in [2.75, 3.05) is 46.6 Å². The molecule has 2 aromatic rings. The maximum atomic E-state index is 5.70. The van der Waals surface area contributed by atoms with Crippen molar-refractivity contribution < 1.29 is 9.47 Å². The van der Waals surface area contributed by atoms with E-state index in [2.05, 4.69) is 34.7 Å². The molecule has 1 aliphatic rings. The van der Waals surface area contributed by atoms with Gasteiger partial charge < -0.3 is 19.7 Å². The highest BCUT2D eigenvalue weighted by Crippen LogP contribution is 2.22. The van der Waals surface area contributed by atoms with Gasteiger partial charge in [0, 0.05) is 43.6 Å². The normalized spacial score (nSPS) is 16.7. The summed E-state index contributed by atoms with van der Waals surface area (Å²) in [5.41, 5.74) is 2.17. The predicted octanol–water partition coefficient (Wildman–Crippen LogP) is 3.88. The maximum absolute atomic E-state index is 5.70. The molecule has 3 rings (SSSR count). The summed E-state index contributed by atoms with van der Waals surface area (Å²) in [7, 11) is 1.70. The molecule has 160 valence electrons. The van der Waals surface area contributed by atoms with Gasteiger partial charge in [0.1, 0.15) is 5.01 Å². The molecule has 0 spiro atoms. The highest BCUT2D eigenvalue weighted by atomic mass is 127. The molecule has 1 atom stereocenters. The van der Waals surface area contributed by atoms with Crippen LogP contribution in [0, 0.1) is 5.92 Å². The van der Waals surface area contributed by atoms with Gasteiger partial charge in [0.2, 0.25) is 0 Å². The first-order valence-electron chi connectivity index (χ1n) is 9.90. The first-order valence-corrected chi connectivity index (χ1v) is 10.8. The number of benzene rings is 1. The van der Waals surface area contributed by atoms with Crippen LogP contribution in [0.5, 0.6) is 0 Å². The third kappa shape index (κ3) is 7.51. The van der Waals surface area contributed by atoms with E-state index in [9.17, 15) is 0 Å². The van der Waals surface area contributed by atoms with Crippen LogP contribution in [-0.2, 0) is 16.0 Å². The van der Waals surface area contributed by atoms with Crippen molar-refractivity contribution in [2.45, 2.75) is 19.9 Å². The topological polar surface area (TPSA) is 59.0 Å². The van der Waals surface area contributed by atoms with Crippen molar-refractivity contribution in [1.82, 2.24) is 15.2 Å². The number of nitrogens with zero attached hydrogens (tertiary/aromatic N) is 3. The van der Waals surface area contributed by atoms with Gasteiger partial charge in [-0.3, -0.25) is 0 Å². The van der Waals surface area contributed by atoms with Crippen molar-refractivity contribution in [2.24, 2.45) is 10.9 Å². The monoisotopic (exact) mass is 530 g/mol. The second-order valence-corrected chi connectivity index (χ2v) is 7.77. The lowest BCUT2D eigenvalue weighted by Gasteiger charge is -2.21. The Balaban J connectivity index is 0.00000300. The van der Waals surface area contributed by atoms with Crippen LogP contribution >= 0.6 is 35.3 Å². The lowest BCUT2D eigenvalue weighted by atomic mass is 10.1. The van der Waals surface area contributed by atoms with Gasteiger partial charge in [0.15, 0.2) is 5.96 Å². The molecule has 0 aliphatic carbocycles. The number of rotatable bonds is 9. The van der Waals surface area contributed by atoms with Crippen molar-refractivity contribution in [3.05, 3.63) is 40.7 Å². The minimum atomic E-state index is 0. The fourth-order valence-corrected chi connectivity index (χ4v) is 3.97. The summed E-state index contributed by atoms with van der Waals surface area (Å²) in [6.45, 7) is 7.65. The third-order valence-electron chi connectivity index (χ3n) is 4.69. The van der Waals surface area contributed by atoms with Gasteiger partial charge in [0.25, 0.3) is 0 Å². The molecule has 1 fully saturated rings. The molecule has 0 radical (unpaired) electrons. The van der Waals surface area contributed by atoms with Crippen LogP contribution in [0.15, 0.2) is 40.7 Å². The average molecular weight is 530 g/mol. The molecule has 1 saturated heterocycles. The Labute approximate surface area is 194 Å². The summed E-state index contributed by atoms with van der Waals surface area (Å²) >= 11 is 1.67. The smallest absolute Gasteiger partial charge is 0.194 e. The predicted molar refractivity (Wildman–Crippen MR) is 130 cm³/mol. The van der Waals surface area contributed by atoms with E-state index in [-0.39, 0.29) is 24.0 Å². The van der Waals surface area contributed by atoms with Crippen LogP contribution in [0.1, 0.15) is 18.4 Å². The van der Waals surface area contributed by atoms with Crippen LogP contribution in [0.2, 0.25) is 0 Å². The number of ether oxygens (including phenoxy) is 2. The number of hydrogen-bond acceptors (Lipinski definition) is 5. The number of methoxy groups -OCH3 is 1. The molecule has 8 heteroatoms. The Morgan fingerprint density at radius 2 is 2.14 bits per heavy atom. The van der Waals surface area contributed by atoms with E-state index < -0.39 is 0 Å². The molecule has 6 nitrogen and oxygen atoms in total. The summed E-state index contributed by atoms with van der Waals surface area (Å²) in [6.07, 6.45) is 1.13. The summed E-state index contributed by atoms with van der Waals surface area (Å²) in [5.74, 6) is 1.52. The first kappa shape index (κ1) is 24.0. The third-order valence-corrected chi connectivity index (χ3v) is 5.52. The van der Waals surface area contributed by atoms with Gasteiger partial charge in [-0.2, -0.15) is 0 Å². The average Bonchev–Trinajstić information content (AvgIpc) is 3.39. The number of aromatic nitrogens is 1. The molecule has 1 aromatic carbocycles. The lowest BCUT2D eigenvalue weighted by Crippen LogP contribution is -2.40. The fraction of sp³-hybridized carbons (Fsp3) is 0.524. The molecule has 1 aromatic heterocycles. The largest absolute Gasteiger partial charge is 0.382 e. The number of halogens is 1. The van der Waals surface area contributed by atoms with Gasteiger partial charge in [-0.1, -0.05) is 30.3 Å². The number of likely N-dealkylation sites (tertiary alicyclic amines) is 1. The molecule has 0 bridgehead atoms. The minimum Gasteiger partial charge on any atom is -0.382 e. The van der Waals surface area contributed by atoms with Gasteiger partial charge in [-0.15, -0.1) is 35.3 Å². The van der Waals surface area contributed by atoms with E-state index in [0.717, 1.165) is 54.9 Å². The Hall–Kier alpha value is -1.23. The summed E-state index contributed by atoms with van der Waals surface area (Å²) in [5, 5.41) is 6.56. The van der Waals surface area contributed by atoms with Gasteiger partial charge in [0.05, 0.1) is 32.1 Å². The lowest BCUT2D eigenvalue weighted by molar-refractivity contribution is 0.0536. The Morgan fingerprint density at radius 3 is 2.90 bits per heavy atom. The summed E-state index contributed by atoms with van der Waals surface area (Å²) in [6, 6.07) is 10.3. The molecule has 1 N–H and O–H groups in total. The Kier molecular flexibility index (Phi) is 10.9. The minimum absolute atomic E-state index is 0. The van der Waals surface area contributed by atoms with E-state index in [1.54, 1.807) is 18.4 Å². The van der Waals surface area contributed by atoms with E-state index in [0.29, 0.717) is 25.7 Å². The van der Waals surface area contributed by atoms with Crippen LogP contribution < -0.4 is 5.32 Å². The Bertz CT molecular complexity index is 741. The van der Waals surface area contributed by atoms with Crippen LogP contribution in [-0.4, -0.2) is 62.4 Å². The van der Waals surface area contributed by atoms with Crippen molar-refractivity contribution >= 4 is 41.3 Å².